The zero-order valence-corrected chi connectivity index (χ0v) is 5.48. The summed E-state index contributed by atoms with van der Waals surface area (Å²) in [6.07, 6.45) is 5.00. The van der Waals surface area contributed by atoms with Gasteiger partial charge in [-0.05, 0) is 12.5 Å². The largest absolute Gasteiger partial charge is 0.501 e. The summed E-state index contributed by atoms with van der Waals surface area (Å²) in [7, 11) is 0. The molecular formula is C7H12O. The van der Waals surface area contributed by atoms with Gasteiger partial charge in [-0.25, -0.2) is 0 Å². The SMILES string of the molecule is CC1(C)CC=COC1. The van der Waals surface area contributed by atoms with Gasteiger partial charge in [-0.3, -0.25) is 0 Å². The predicted molar refractivity (Wildman–Crippen MR) is 33.5 cm³/mol. The molecule has 0 saturated heterocycles. The van der Waals surface area contributed by atoms with Crippen molar-refractivity contribution in [2.75, 3.05) is 6.61 Å². The molecule has 1 aliphatic rings. The maximum absolute atomic E-state index is 5.10. The Kier molecular flexibility index (Phi) is 1.28. The summed E-state index contributed by atoms with van der Waals surface area (Å²) in [6, 6.07) is 0. The van der Waals surface area contributed by atoms with Gasteiger partial charge in [-0.15, -0.1) is 0 Å². The lowest BCUT2D eigenvalue weighted by Crippen LogP contribution is -2.19. The monoisotopic (exact) mass is 112 g/mol. The highest BCUT2D eigenvalue weighted by Gasteiger charge is 2.18. The van der Waals surface area contributed by atoms with Crippen LogP contribution in [0, 0.1) is 5.41 Å². The van der Waals surface area contributed by atoms with Crippen molar-refractivity contribution in [2.45, 2.75) is 20.3 Å². The summed E-state index contributed by atoms with van der Waals surface area (Å²) in [5.41, 5.74) is 0.370. The molecule has 0 aromatic carbocycles. The lowest BCUT2D eigenvalue weighted by atomic mass is 9.90. The van der Waals surface area contributed by atoms with E-state index in [2.05, 4.69) is 19.9 Å². The van der Waals surface area contributed by atoms with Gasteiger partial charge >= 0.3 is 0 Å². The molecule has 0 saturated carbocycles. The Morgan fingerprint density at radius 3 is 2.50 bits per heavy atom. The van der Waals surface area contributed by atoms with Gasteiger partial charge in [0.15, 0.2) is 0 Å². The molecule has 1 heterocycles. The maximum atomic E-state index is 5.10. The standard InChI is InChI=1S/C7H12O/c1-7(2)4-3-5-8-6-7/h3,5H,4,6H2,1-2H3. The third-order valence-electron chi connectivity index (χ3n) is 1.34. The second-order valence-electron chi connectivity index (χ2n) is 3.05. The first-order chi connectivity index (χ1) is 3.71. The molecule has 0 N–H and O–H groups in total. The Morgan fingerprint density at radius 2 is 2.25 bits per heavy atom. The van der Waals surface area contributed by atoms with Crippen LogP contribution in [0.2, 0.25) is 0 Å². The Morgan fingerprint density at radius 1 is 1.50 bits per heavy atom. The van der Waals surface area contributed by atoms with Crippen molar-refractivity contribution >= 4 is 0 Å². The van der Waals surface area contributed by atoms with E-state index in [-0.39, 0.29) is 0 Å². The van der Waals surface area contributed by atoms with Gasteiger partial charge in [0, 0.05) is 5.41 Å². The molecule has 0 bridgehead atoms. The van der Waals surface area contributed by atoms with Crippen molar-refractivity contribution in [1.82, 2.24) is 0 Å². The third kappa shape index (κ3) is 1.25. The summed E-state index contributed by atoms with van der Waals surface area (Å²) < 4.78 is 5.10. The van der Waals surface area contributed by atoms with Gasteiger partial charge < -0.3 is 4.74 Å². The molecule has 8 heavy (non-hydrogen) atoms. The number of hydrogen-bond donors (Lipinski definition) is 0. The van der Waals surface area contributed by atoms with Crippen molar-refractivity contribution in [3.8, 4) is 0 Å². The van der Waals surface area contributed by atoms with Crippen LogP contribution in [0.3, 0.4) is 0 Å². The van der Waals surface area contributed by atoms with Crippen molar-refractivity contribution in [3.63, 3.8) is 0 Å². The zero-order valence-electron chi connectivity index (χ0n) is 5.48. The highest BCUT2D eigenvalue weighted by molar-refractivity contribution is 4.87. The van der Waals surface area contributed by atoms with Crippen LogP contribution >= 0.6 is 0 Å². The fourth-order valence-corrected chi connectivity index (χ4v) is 0.768. The van der Waals surface area contributed by atoms with E-state index in [0.29, 0.717) is 5.41 Å². The van der Waals surface area contributed by atoms with Crippen molar-refractivity contribution in [2.24, 2.45) is 5.41 Å². The summed E-state index contributed by atoms with van der Waals surface area (Å²) in [5.74, 6) is 0. The average Bonchev–Trinajstić information content (AvgIpc) is 1.65. The van der Waals surface area contributed by atoms with Gasteiger partial charge in [-0.2, -0.15) is 0 Å². The maximum Gasteiger partial charge on any atom is 0.0926 e. The van der Waals surface area contributed by atoms with Gasteiger partial charge in [0.2, 0.25) is 0 Å². The van der Waals surface area contributed by atoms with Crippen LogP contribution in [0.5, 0.6) is 0 Å². The highest BCUT2D eigenvalue weighted by atomic mass is 16.5. The summed E-state index contributed by atoms with van der Waals surface area (Å²) >= 11 is 0. The number of hydrogen-bond acceptors (Lipinski definition) is 1. The normalized spacial score (nSPS) is 24.8. The van der Waals surface area contributed by atoms with E-state index in [1.54, 1.807) is 6.26 Å². The Balaban J connectivity index is 2.50. The van der Waals surface area contributed by atoms with E-state index in [1.807, 2.05) is 0 Å². The first-order valence-corrected chi connectivity index (χ1v) is 2.97. The van der Waals surface area contributed by atoms with Crippen LogP contribution < -0.4 is 0 Å². The van der Waals surface area contributed by atoms with Crippen molar-refractivity contribution in [3.05, 3.63) is 12.3 Å². The molecule has 0 amide bonds. The van der Waals surface area contributed by atoms with E-state index < -0.39 is 0 Å². The Bertz CT molecular complexity index is 103. The van der Waals surface area contributed by atoms with Crippen molar-refractivity contribution in [1.29, 1.82) is 0 Å². The summed E-state index contributed by atoms with van der Waals surface area (Å²) in [5, 5.41) is 0. The lowest BCUT2D eigenvalue weighted by molar-refractivity contribution is 0.121. The molecule has 0 aromatic heterocycles. The highest BCUT2D eigenvalue weighted by Crippen LogP contribution is 2.23. The second kappa shape index (κ2) is 1.81. The molecule has 1 aliphatic heterocycles. The van der Waals surface area contributed by atoms with Gasteiger partial charge in [0.1, 0.15) is 0 Å². The molecule has 0 radical (unpaired) electrons. The molecule has 1 nitrogen and oxygen atoms in total. The average molecular weight is 112 g/mol. The second-order valence-corrected chi connectivity index (χ2v) is 3.05. The minimum atomic E-state index is 0.370. The smallest absolute Gasteiger partial charge is 0.0926 e. The molecule has 1 heteroatoms. The zero-order chi connectivity index (χ0) is 6.04. The molecular weight excluding hydrogens is 100 g/mol. The molecule has 1 rings (SSSR count). The molecule has 0 aliphatic carbocycles. The number of allylic oxidation sites excluding steroid dienone is 1. The summed E-state index contributed by atoms with van der Waals surface area (Å²) in [6.45, 7) is 5.27. The first-order valence-electron chi connectivity index (χ1n) is 2.97. The van der Waals surface area contributed by atoms with Gasteiger partial charge in [-0.1, -0.05) is 13.8 Å². The minimum Gasteiger partial charge on any atom is -0.501 e. The van der Waals surface area contributed by atoms with Crippen LogP contribution in [-0.2, 0) is 4.74 Å². The Labute approximate surface area is 50.3 Å². The molecule has 0 aromatic rings. The quantitative estimate of drug-likeness (QED) is 0.465. The van der Waals surface area contributed by atoms with Crippen LogP contribution in [0.15, 0.2) is 12.3 Å². The predicted octanol–water partition coefficient (Wildman–Crippen LogP) is 1.95. The molecule has 0 atom stereocenters. The minimum absolute atomic E-state index is 0.370. The van der Waals surface area contributed by atoms with Gasteiger partial charge in [0.05, 0.1) is 12.9 Å². The van der Waals surface area contributed by atoms with Crippen LogP contribution in [0.25, 0.3) is 0 Å². The molecule has 0 fully saturated rings. The van der Waals surface area contributed by atoms with Crippen LogP contribution in [0.1, 0.15) is 20.3 Å². The van der Waals surface area contributed by atoms with Crippen LogP contribution in [-0.4, -0.2) is 6.61 Å². The third-order valence-corrected chi connectivity index (χ3v) is 1.34. The van der Waals surface area contributed by atoms with E-state index in [1.165, 1.54) is 0 Å². The molecule has 0 unspecified atom stereocenters. The molecule has 0 spiro atoms. The number of rotatable bonds is 0. The summed E-state index contributed by atoms with van der Waals surface area (Å²) in [4.78, 5) is 0. The van der Waals surface area contributed by atoms with Crippen molar-refractivity contribution < 1.29 is 4.74 Å². The lowest BCUT2D eigenvalue weighted by Gasteiger charge is -2.24. The van der Waals surface area contributed by atoms with E-state index in [9.17, 15) is 0 Å². The van der Waals surface area contributed by atoms with Crippen LogP contribution in [0.4, 0.5) is 0 Å². The molecule has 46 valence electrons. The van der Waals surface area contributed by atoms with E-state index in [0.717, 1.165) is 13.0 Å². The fourth-order valence-electron chi connectivity index (χ4n) is 0.768. The Hall–Kier alpha value is -0.460. The van der Waals surface area contributed by atoms with E-state index in [4.69, 9.17) is 4.74 Å². The number of ether oxygens (including phenoxy) is 1. The van der Waals surface area contributed by atoms with Gasteiger partial charge in [0.25, 0.3) is 0 Å². The fraction of sp³-hybridized carbons (Fsp3) is 0.714. The van der Waals surface area contributed by atoms with E-state index >= 15 is 0 Å². The first kappa shape index (κ1) is 5.67. The topological polar surface area (TPSA) is 9.23 Å².